The number of alkyl halides is 3. The van der Waals surface area contributed by atoms with Gasteiger partial charge in [-0.1, -0.05) is 11.6 Å². The van der Waals surface area contributed by atoms with E-state index in [2.05, 4.69) is 10.3 Å². The molecule has 1 fully saturated rings. The van der Waals surface area contributed by atoms with Gasteiger partial charge in [0.15, 0.2) is 0 Å². The van der Waals surface area contributed by atoms with E-state index in [-0.39, 0.29) is 35.8 Å². The molecule has 11 heteroatoms. The SMILES string of the molecule is O=C1CNC(=O)N1CCc1cc(Oc2ncccc2C(F)(F)F)c(Cl)cc1F. The third kappa shape index (κ3) is 4.16. The van der Waals surface area contributed by atoms with Crippen LogP contribution >= 0.6 is 11.6 Å². The fourth-order valence-corrected chi connectivity index (χ4v) is 2.74. The smallest absolute Gasteiger partial charge is 0.421 e. The number of amides is 3. The molecule has 0 aliphatic carbocycles. The predicted octanol–water partition coefficient (Wildman–Crippen LogP) is 3.78. The van der Waals surface area contributed by atoms with Crippen LogP contribution in [0.4, 0.5) is 22.4 Å². The van der Waals surface area contributed by atoms with E-state index in [9.17, 15) is 27.2 Å². The average Bonchev–Trinajstić information content (AvgIpc) is 2.94. The lowest BCUT2D eigenvalue weighted by molar-refractivity contribution is -0.138. The molecule has 0 bridgehead atoms. The Morgan fingerprint density at radius 3 is 2.68 bits per heavy atom. The van der Waals surface area contributed by atoms with Crippen LogP contribution in [-0.2, 0) is 17.4 Å². The van der Waals surface area contributed by atoms with Crippen LogP contribution in [0.1, 0.15) is 11.1 Å². The first-order valence-electron chi connectivity index (χ1n) is 7.93. The first kappa shape index (κ1) is 19.9. The van der Waals surface area contributed by atoms with E-state index < -0.39 is 35.4 Å². The third-order valence-electron chi connectivity index (χ3n) is 3.93. The Bertz CT molecular complexity index is 920. The number of hydrogen-bond donors (Lipinski definition) is 1. The summed E-state index contributed by atoms with van der Waals surface area (Å²) in [6.45, 7) is -0.254. The van der Waals surface area contributed by atoms with Crippen molar-refractivity contribution in [2.24, 2.45) is 0 Å². The maximum absolute atomic E-state index is 14.2. The number of urea groups is 1. The van der Waals surface area contributed by atoms with Gasteiger partial charge in [-0.2, -0.15) is 13.2 Å². The van der Waals surface area contributed by atoms with Crippen LogP contribution in [-0.4, -0.2) is 34.9 Å². The summed E-state index contributed by atoms with van der Waals surface area (Å²) in [4.78, 5) is 27.6. The molecule has 1 aromatic carbocycles. The highest BCUT2D eigenvalue weighted by atomic mass is 35.5. The van der Waals surface area contributed by atoms with Crippen LogP contribution in [0.3, 0.4) is 0 Å². The van der Waals surface area contributed by atoms with Gasteiger partial charge in [-0.15, -0.1) is 0 Å². The molecule has 2 heterocycles. The topological polar surface area (TPSA) is 71.5 Å². The molecule has 0 radical (unpaired) electrons. The van der Waals surface area contributed by atoms with Crippen molar-refractivity contribution in [2.45, 2.75) is 12.6 Å². The Kier molecular flexibility index (Phi) is 5.41. The van der Waals surface area contributed by atoms with Gasteiger partial charge in [0.2, 0.25) is 11.8 Å². The molecule has 3 amide bonds. The van der Waals surface area contributed by atoms with E-state index in [1.807, 2.05) is 0 Å². The zero-order valence-electron chi connectivity index (χ0n) is 14.0. The molecule has 148 valence electrons. The monoisotopic (exact) mass is 417 g/mol. The molecule has 1 aliphatic heterocycles. The molecule has 0 atom stereocenters. The number of ether oxygens (including phenoxy) is 1. The number of pyridine rings is 1. The molecule has 3 rings (SSSR count). The first-order chi connectivity index (χ1) is 13.2. The summed E-state index contributed by atoms with van der Waals surface area (Å²) in [5, 5.41) is 2.07. The number of aromatic nitrogens is 1. The molecule has 0 spiro atoms. The summed E-state index contributed by atoms with van der Waals surface area (Å²) >= 11 is 5.89. The number of carbonyl (C=O) groups is 2. The summed E-state index contributed by atoms with van der Waals surface area (Å²) in [6, 6.07) is 3.29. The van der Waals surface area contributed by atoms with Gasteiger partial charge in [0, 0.05) is 12.7 Å². The van der Waals surface area contributed by atoms with Crippen molar-refractivity contribution in [1.29, 1.82) is 0 Å². The Balaban J connectivity index is 1.85. The quantitative estimate of drug-likeness (QED) is 0.593. The maximum Gasteiger partial charge on any atom is 0.421 e. The Morgan fingerprint density at radius 1 is 1.29 bits per heavy atom. The molecule has 28 heavy (non-hydrogen) atoms. The lowest BCUT2D eigenvalue weighted by atomic mass is 10.1. The largest absolute Gasteiger partial charge is 0.437 e. The molecule has 0 saturated carbocycles. The summed E-state index contributed by atoms with van der Waals surface area (Å²) < 4.78 is 58.6. The fraction of sp³-hybridized carbons (Fsp3) is 0.235. The summed E-state index contributed by atoms with van der Waals surface area (Å²) in [5.41, 5.74) is -1.10. The van der Waals surface area contributed by atoms with Gasteiger partial charge >= 0.3 is 12.2 Å². The molecule has 1 aliphatic rings. The molecule has 6 nitrogen and oxygen atoms in total. The van der Waals surface area contributed by atoms with Crippen molar-refractivity contribution in [3.63, 3.8) is 0 Å². The van der Waals surface area contributed by atoms with E-state index in [1.165, 1.54) is 0 Å². The maximum atomic E-state index is 14.2. The number of carbonyl (C=O) groups excluding carboxylic acids is 2. The minimum atomic E-state index is -4.71. The van der Waals surface area contributed by atoms with E-state index in [1.54, 1.807) is 0 Å². The second kappa shape index (κ2) is 7.63. The second-order valence-corrected chi connectivity index (χ2v) is 6.19. The number of rotatable bonds is 5. The van der Waals surface area contributed by atoms with Gasteiger partial charge in [-0.05, 0) is 36.2 Å². The summed E-state index contributed by atoms with van der Waals surface area (Å²) in [5.74, 6) is -2.18. The normalized spacial score (nSPS) is 14.4. The number of nitrogens with one attached hydrogen (secondary N) is 1. The van der Waals surface area contributed by atoms with E-state index in [4.69, 9.17) is 16.3 Å². The number of benzene rings is 1. The number of halogens is 5. The van der Waals surface area contributed by atoms with Crippen molar-refractivity contribution in [1.82, 2.24) is 15.2 Å². The lowest BCUT2D eigenvalue weighted by Gasteiger charge is -2.15. The second-order valence-electron chi connectivity index (χ2n) is 5.78. The highest BCUT2D eigenvalue weighted by Crippen LogP contribution is 2.38. The Labute approximate surface area is 161 Å². The van der Waals surface area contributed by atoms with Gasteiger partial charge < -0.3 is 10.1 Å². The first-order valence-corrected chi connectivity index (χ1v) is 8.31. The summed E-state index contributed by atoms with van der Waals surface area (Å²) in [6.07, 6.45) is -3.67. The molecule has 0 unspecified atom stereocenters. The van der Waals surface area contributed by atoms with Gasteiger partial charge in [-0.25, -0.2) is 14.2 Å². The van der Waals surface area contributed by atoms with Crippen molar-refractivity contribution in [2.75, 3.05) is 13.1 Å². The van der Waals surface area contributed by atoms with Crippen molar-refractivity contribution in [3.05, 3.63) is 52.4 Å². The molecule has 2 aromatic rings. The van der Waals surface area contributed by atoms with Crippen LogP contribution in [0.5, 0.6) is 11.6 Å². The molecular weight excluding hydrogens is 406 g/mol. The van der Waals surface area contributed by atoms with Gasteiger partial charge in [0.05, 0.1) is 11.6 Å². The van der Waals surface area contributed by atoms with Gasteiger partial charge in [-0.3, -0.25) is 9.69 Å². The zero-order chi connectivity index (χ0) is 20.5. The molecule has 1 N–H and O–H groups in total. The molecular formula is C17H12ClF4N3O3. The lowest BCUT2D eigenvalue weighted by Crippen LogP contribution is -2.32. The van der Waals surface area contributed by atoms with E-state index in [0.717, 1.165) is 35.4 Å². The standard InChI is InChI=1S/C17H12ClF4N3O3/c18-11-7-12(19)9(3-5-25-14(26)8-24-16(25)27)6-13(11)28-15-10(17(20,21)22)2-1-4-23-15/h1-2,4,6-7H,3,5,8H2,(H,24,27). The third-order valence-corrected chi connectivity index (χ3v) is 4.22. The molecule has 1 aromatic heterocycles. The van der Waals surface area contributed by atoms with Crippen molar-refractivity contribution in [3.8, 4) is 11.6 Å². The summed E-state index contributed by atoms with van der Waals surface area (Å²) in [7, 11) is 0. The average molecular weight is 418 g/mol. The minimum absolute atomic E-state index is 0.0105. The Hall–Kier alpha value is -2.88. The van der Waals surface area contributed by atoms with Crippen LogP contribution in [0, 0.1) is 5.82 Å². The Morgan fingerprint density at radius 2 is 2.04 bits per heavy atom. The van der Waals surface area contributed by atoms with Crippen LogP contribution in [0.15, 0.2) is 30.5 Å². The van der Waals surface area contributed by atoms with Gasteiger partial charge in [0.1, 0.15) is 17.1 Å². The van der Waals surface area contributed by atoms with Crippen molar-refractivity contribution < 1.29 is 31.9 Å². The van der Waals surface area contributed by atoms with Crippen LogP contribution in [0.25, 0.3) is 0 Å². The van der Waals surface area contributed by atoms with Gasteiger partial charge in [0.25, 0.3) is 0 Å². The van der Waals surface area contributed by atoms with Crippen LogP contribution < -0.4 is 10.1 Å². The van der Waals surface area contributed by atoms with Crippen LogP contribution in [0.2, 0.25) is 5.02 Å². The fourth-order valence-electron chi connectivity index (χ4n) is 2.55. The molecule has 1 saturated heterocycles. The predicted molar refractivity (Wildman–Crippen MR) is 89.5 cm³/mol. The number of nitrogens with zero attached hydrogens (tertiary/aromatic N) is 2. The highest BCUT2D eigenvalue weighted by molar-refractivity contribution is 6.32. The van der Waals surface area contributed by atoms with E-state index in [0.29, 0.717) is 0 Å². The van der Waals surface area contributed by atoms with Crippen molar-refractivity contribution >= 4 is 23.5 Å². The minimum Gasteiger partial charge on any atom is -0.437 e. The number of imide groups is 1. The highest BCUT2D eigenvalue weighted by Gasteiger charge is 2.35. The zero-order valence-corrected chi connectivity index (χ0v) is 14.8. The van der Waals surface area contributed by atoms with E-state index >= 15 is 0 Å². The number of hydrogen-bond acceptors (Lipinski definition) is 4.